The van der Waals surface area contributed by atoms with E-state index in [0.717, 1.165) is 17.5 Å². The average molecular weight is 439 g/mol. The number of ether oxygens (including phenoxy) is 1. The summed E-state index contributed by atoms with van der Waals surface area (Å²) in [5.74, 6) is 0.357. The molecule has 1 atom stereocenters. The molecule has 31 heavy (non-hydrogen) atoms. The van der Waals surface area contributed by atoms with Crippen LogP contribution >= 0.6 is 0 Å². The van der Waals surface area contributed by atoms with E-state index in [9.17, 15) is 13.2 Å². The van der Waals surface area contributed by atoms with Crippen LogP contribution in [0.1, 0.15) is 25.0 Å². The van der Waals surface area contributed by atoms with Crippen molar-refractivity contribution in [2.45, 2.75) is 38.2 Å². The first-order valence-corrected chi connectivity index (χ1v) is 11.5. The molecule has 0 aliphatic carbocycles. The van der Waals surface area contributed by atoms with Crippen LogP contribution < -0.4 is 14.8 Å². The largest absolute Gasteiger partial charge is 0.481 e. The molecule has 3 rings (SSSR count). The van der Waals surface area contributed by atoms with Crippen molar-refractivity contribution < 1.29 is 17.9 Å². The Bertz CT molecular complexity index is 1160. The number of anilines is 2. The van der Waals surface area contributed by atoms with Crippen molar-refractivity contribution in [3.05, 3.63) is 83.9 Å². The van der Waals surface area contributed by atoms with Crippen LogP contribution in [0.2, 0.25) is 0 Å². The predicted molar refractivity (Wildman–Crippen MR) is 123 cm³/mol. The Balaban J connectivity index is 1.65. The van der Waals surface area contributed by atoms with Gasteiger partial charge < -0.3 is 10.1 Å². The maximum absolute atomic E-state index is 12.6. The minimum atomic E-state index is -3.73. The van der Waals surface area contributed by atoms with Crippen LogP contribution in [0.25, 0.3) is 0 Å². The number of carbonyl (C=O) groups excluding carboxylic acids is 1. The fraction of sp³-hybridized carbons (Fsp3) is 0.208. The Kier molecular flexibility index (Phi) is 6.97. The van der Waals surface area contributed by atoms with Gasteiger partial charge in [0.25, 0.3) is 15.9 Å². The summed E-state index contributed by atoms with van der Waals surface area (Å²) in [6.07, 6.45) is 0.0932. The molecule has 0 spiro atoms. The summed E-state index contributed by atoms with van der Waals surface area (Å²) >= 11 is 0. The fourth-order valence-corrected chi connectivity index (χ4v) is 4.14. The van der Waals surface area contributed by atoms with Gasteiger partial charge in [0, 0.05) is 5.69 Å². The second kappa shape index (κ2) is 9.66. The van der Waals surface area contributed by atoms with E-state index in [0.29, 0.717) is 17.1 Å². The third-order valence-corrected chi connectivity index (χ3v) is 6.23. The van der Waals surface area contributed by atoms with E-state index >= 15 is 0 Å². The normalized spacial score (nSPS) is 12.1. The summed E-state index contributed by atoms with van der Waals surface area (Å²) in [4.78, 5) is 12.6. The minimum Gasteiger partial charge on any atom is -0.481 e. The van der Waals surface area contributed by atoms with Gasteiger partial charge in [-0.1, -0.05) is 43.3 Å². The Morgan fingerprint density at radius 2 is 1.61 bits per heavy atom. The summed E-state index contributed by atoms with van der Waals surface area (Å²) in [7, 11) is -3.73. The Morgan fingerprint density at radius 1 is 0.968 bits per heavy atom. The average Bonchev–Trinajstić information content (AvgIpc) is 2.76. The molecule has 0 aliphatic heterocycles. The number of sulfonamides is 1. The Labute approximate surface area is 183 Å². The van der Waals surface area contributed by atoms with E-state index in [4.69, 9.17) is 4.74 Å². The molecular formula is C24H26N2O4S. The van der Waals surface area contributed by atoms with E-state index in [-0.39, 0.29) is 10.8 Å². The standard InChI is InChI=1S/C24H26N2O4S/c1-4-19-10-6-8-12-23(19)30-18(3)24(27)25-20-13-15-21(16-14-20)31(28,29)26-22-11-7-5-9-17(22)2/h5-16,18,26H,4H2,1-3H3,(H,25,27). The zero-order chi connectivity index (χ0) is 22.4. The van der Waals surface area contributed by atoms with Crippen LogP contribution in [0.5, 0.6) is 5.75 Å². The number of hydrogen-bond donors (Lipinski definition) is 2. The molecule has 2 N–H and O–H groups in total. The van der Waals surface area contributed by atoms with Gasteiger partial charge >= 0.3 is 0 Å². The molecule has 0 saturated heterocycles. The number of rotatable bonds is 8. The topological polar surface area (TPSA) is 84.5 Å². The van der Waals surface area contributed by atoms with Crippen LogP contribution in [-0.2, 0) is 21.2 Å². The number of hydrogen-bond acceptors (Lipinski definition) is 4. The van der Waals surface area contributed by atoms with Gasteiger partial charge in [0.05, 0.1) is 10.6 Å². The van der Waals surface area contributed by atoms with E-state index < -0.39 is 16.1 Å². The van der Waals surface area contributed by atoms with Crippen molar-refractivity contribution in [3.8, 4) is 5.75 Å². The lowest BCUT2D eigenvalue weighted by Crippen LogP contribution is -2.30. The molecule has 6 nitrogen and oxygen atoms in total. The highest BCUT2D eigenvalue weighted by molar-refractivity contribution is 7.92. The molecule has 0 radical (unpaired) electrons. The highest BCUT2D eigenvalue weighted by Crippen LogP contribution is 2.22. The number of para-hydroxylation sites is 2. The lowest BCUT2D eigenvalue weighted by molar-refractivity contribution is -0.122. The monoisotopic (exact) mass is 438 g/mol. The van der Waals surface area contributed by atoms with Crippen LogP contribution in [0.3, 0.4) is 0 Å². The zero-order valence-corrected chi connectivity index (χ0v) is 18.6. The van der Waals surface area contributed by atoms with E-state index in [1.54, 1.807) is 31.2 Å². The highest BCUT2D eigenvalue weighted by atomic mass is 32.2. The molecular weight excluding hydrogens is 412 g/mol. The third-order valence-electron chi connectivity index (χ3n) is 4.85. The predicted octanol–water partition coefficient (Wildman–Crippen LogP) is 4.76. The van der Waals surface area contributed by atoms with Crippen molar-refractivity contribution in [1.29, 1.82) is 0 Å². The first kappa shape index (κ1) is 22.4. The van der Waals surface area contributed by atoms with Gasteiger partial charge in [0.1, 0.15) is 5.75 Å². The van der Waals surface area contributed by atoms with Crippen molar-refractivity contribution in [1.82, 2.24) is 0 Å². The van der Waals surface area contributed by atoms with E-state index in [1.807, 2.05) is 50.2 Å². The van der Waals surface area contributed by atoms with Crippen LogP contribution in [0.15, 0.2) is 77.7 Å². The second-order valence-corrected chi connectivity index (χ2v) is 8.84. The summed E-state index contributed by atoms with van der Waals surface area (Å²) in [6, 6.07) is 20.8. The number of aryl methyl sites for hydroxylation is 2. The van der Waals surface area contributed by atoms with Gasteiger partial charge in [-0.05, 0) is 67.8 Å². The molecule has 0 bridgehead atoms. The molecule has 0 fully saturated rings. The summed E-state index contributed by atoms with van der Waals surface area (Å²) in [5, 5.41) is 2.76. The SMILES string of the molecule is CCc1ccccc1OC(C)C(=O)Nc1ccc(S(=O)(=O)Nc2ccccc2C)cc1. The van der Waals surface area contributed by atoms with Gasteiger partial charge in [-0.25, -0.2) is 8.42 Å². The van der Waals surface area contributed by atoms with Crippen LogP contribution in [0.4, 0.5) is 11.4 Å². The first-order chi connectivity index (χ1) is 14.8. The van der Waals surface area contributed by atoms with Crippen molar-refractivity contribution in [3.63, 3.8) is 0 Å². The highest BCUT2D eigenvalue weighted by Gasteiger charge is 2.18. The fourth-order valence-electron chi connectivity index (χ4n) is 3.01. The number of nitrogens with one attached hydrogen (secondary N) is 2. The molecule has 162 valence electrons. The van der Waals surface area contributed by atoms with Crippen LogP contribution in [0, 0.1) is 6.92 Å². The number of benzene rings is 3. The summed E-state index contributed by atoms with van der Waals surface area (Å²) in [5.41, 5.74) is 2.86. The number of amides is 1. The van der Waals surface area contributed by atoms with Gasteiger partial charge in [-0.3, -0.25) is 9.52 Å². The lowest BCUT2D eigenvalue weighted by Gasteiger charge is -2.17. The molecule has 0 saturated carbocycles. The maximum atomic E-state index is 12.6. The summed E-state index contributed by atoms with van der Waals surface area (Å²) < 4.78 is 33.7. The molecule has 1 amide bonds. The second-order valence-electron chi connectivity index (χ2n) is 7.16. The third kappa shape index (κ3) is 5.64. The smallest absolute Gasteiger partial charge is 0.265 e. The van der Waals surface area contributed by atoms with Crippen molar-refractivity contribution >= 4 is 27.3 Å². The first-order valence-electron chi connectivity index (χ1n) is 10.0. The number of carbonyl (C=O) groups is 1. The molecule has 3 aromatic carbocycles. The summed E-state index contributed by atoms with van der Waals surface area (Å²) in [6.45, 7) is 5.53. The molecule has 3 aromatic rings. The molecule has 0 heterocycles. The van der Waals surface area contributed by atoms with Gasteiger partial charge in [0.2, 0.25) is 0 Å². The van der Waals surface area contributed by atoms with Crippen molar-refractivity contribution in [2.24, 2.45) is 0 Å². The minimum absolute atomic E-state index is 0.106. The van der Waals surface area contributed by atoms with Crippen molar-refractivity contribution in [2.75, 3.05) is 10.0 Å². The van der Waals surface area contributed by atoms with Crippen LogP contribution in [-0.4, -0.2) is 20.4 Å². The maximum Gasteiger partial charge on any atom is 0.265 e. The molecule has 0 aromatic heterocycles. The molecule has 0 aliphatic rings. The Hall–Kier alpha value is -3.32. The van der Waals surface area contributed by atoms with E-state index in [2.05, 4.69) is 10.0 Å². The quantitative estimate of drug-likeness (QED) is 0.531. The van der Waals surface area contributed by atoms with Gasteiger partial charge in [-0.2, -0.15) is 0 Å². The lowest BCUT2D eigenvalue weighted by atomic mass is 10.1. The molecule has 7 heteroatoms. The zero-order valence-electron chi connectivity index (χ0n) is 17.8. The van der Waals surface area contributed by atoms with E-state index in [1.165, 1.54) is 12.1 Å². The van der Waals surface area contributed by atoms with Gasteiger partial charge in [0.15, 0.2) is 6.10 Å². The Morgan fingerprint density at radius 3 is 2.29 bits per heavy atom. The van der Waals surface area contributed by atoms with Gasteiger partial charge in [-0.15, -0.1) is 0 Å². The molecule has 1 unspecified atom stereocenters.